The van der Waals surface area contributed by atoms with E-state index >= 15 is 0 Å². The Labute approximate surface area is 79.3 Å². The average molecular weight is 189 g/mol. The van der Waals surface area contributed by atoms with Crippen LogP contribution in [-0.4, -0.2) is 10.2 Å². The predicted octanol–water partition coefficient (Wildman–Crippen LogP) is -0.789. The van der Waals surface area contributed by atoms with Gasteiger partial charge in [0.05, 0.1) is 12.3 Å². The zero-order chi connectivity index (χ0) is 9.97. The molecule has 0 N–H and O–H groups in total. The zero-order valence-corrected chi connectivity index (χ0v) is 6.99. The van der Waals surface area contributed by atoms with Crippen LogP contribution in [0.2, 0.25) is 0 Å². The standard InChI is InChI=1S/C8H5N4O2/c13-11-4-1-5-12(14)8(11)7-2-3-9-10-6-7/h1-5H. The molecule has 0 amide bonds. The van der Waals surface area contributed by atoms with Gasteiger partial charge in [-0.05, 0) is 6.07 Å². The normalized spacial score (nSPS) is 10.0. The summed E-state index contributed by atoms with van der Waals surface area (Å²) in [5.74, 6) is -0.0672. The molecule has 0 aliphatic rings. The van der Waals surface area contributed by atoms with Crippen LogP contribution in [0.1, 0.15) is 0 Å². The highest BCUT2D eigenvalue weighted by Gasteiger charge is 2.19. The molecule has 0 aliphatic carbocycles. The van der Waals surface area contributed by atoms with Crippen LogP contribution in [0.5, 0.6) is 0 Å². The van der Waals surface area contributed by atoms with Crippen LogP contribution in [0.15, 0.2) is 30.7 Å². The first-order chi connectivity index (χ1) is 6.79. The molecule has 0 saturated carbocycles. The summed E-state index contributed by atoms with van der Waals surface area (Å²) in [5, 5.41) is 29.5. The van der Waals surface area contributed by atoms with Gasteiger partial charge < -0.3 is 10.4 Å². The molecular weight excluding hydrogens is 184 g/mol. The van der Waals surface area contributed by atoms with E-state index in [1.54, 1.807) is 0 Å². The fraction of sp³-hybridized carbons (Fsp3) is 0. The molecule has 1 radical (unpaired) electrons. The molecule has 2 aromatic heterocycles. The predicted molar refractivity (Wildman–Crippen MR) is 44.2 cm³/mol. The van der Waals surface area contributed by atoms with Crippen molar-refractivity contribution in [1.29, 1.82) is 0 Å². The third kappa shape index (κ3) is 1.33. The SMILES string of the molecule is [O-][n+]1ccc[n+]([O-])c1-c1[c]nncc1. The van der Waals surface area contributed by atoms with Crippen molar-refractivity contribution in [3.63, 3.8) is 0 Å². The molecule has 14 heavy (non-hydrogen) atoms. The van der Waals surface area contributed by atoms with Gasteiger partial charge in [-0.2, -0.15) is 5.10 Å². The van der Waals surface area contributed by atoms with Crippen LogP contribution < -0.4 is 9.46 Å². The van der Waals surface area contributed by atoms with Gasteiger partial charge in [-0.1, -0.05) is 0 Å². The molecule has 2 rings (SSSR count). The highest BCUT2D eigenvalue weighted by atomic mass is 16.5. The Morgan fingerprint density at radius 3 is 2.50 bits per heavy atom. The van der Waals surface area contributed by atoms with Crippen molar-refractivity contribution in [2.24, 2.45) is 0 Å². The van der Waals surface area contributed by atoms with Crippen molar-refractivity contribution >= 4 is 0 Å². The quantitative estimate of drug-likeness (QED) is 0.435. The highest BCUT2D eigenvalue weighted by molar-refractivity contribution is 5.44. The third-order valence-electron chi connectivity index (χ3n) is 1.64. The fourth-order valence-electron chi connectivity index (χ4n) is 1.06. The van der Waals surface area contributed by atoms with Crippen LogP contribution in [0, 0.1) is 16.6 Å². The number of aromatic nitrogens is 4. The molecule has 2 heterocycles. The van der Waals surface area contributed by atoms with E-state index in [2.05, 4.69) is 16.4 Å². The summed E-state index contributed by atoms with van der Waals surface area (Å²) in [6.07, 6.45) is 6.32. The van der Waals surface area contributed by atoms with E-state index in [9.17, 15) is 10.4 Å². The second kappa shape index (κ2) is 3.25. The molecular formula is C8H5N4O2. The highest BCUT2D eigenvalue weighted by Crippen LogP contribution is 2.05. The Morgan fingerprint density at radius 1 is 1.21 bits per heavy atom. The summed E-state index contributed by atoms with van der Waals surface area (Å²) in [7, 11) is 0. The molecule has 69 valence electrons. The fourth-order valence-corrected chi connectivity index (χ4v) is 1.06. The topological polar surface area (TPSA) is 79.7 Å². The van der Waals surface area contributed by atoms with E-state index in [0.717, 1.165) is 0 Å². The molecule has 0 aromatic carbocycles. The van der Waals surface area contributed by atoms with E-state index in [0.29, 0.717) is 15.0 Å². The summed E-state index contributed by atoms with van der Waals surface area (Å²) in [6, 6.07) is 2.85. The molecule has 0 fully saturated rings. The molecule has 6 heteroatoms. The Bertz CT molecular complexity index is 426. The lowest BCUT2D eigenvalue weighted by atomic mass is 10.3. The van der Waals surface area contributed by atoms with Crippen LogP contribution in [0.3, 0.4) is 0 Å². The van der Waals surface area contributed by atoms with E-state index in [-0.39, 0.29) is 5.82 Å². The molecule has 0 saturated heterocycles. The first kappa shape index (κ1) is 8.36. The lowest BCUT2D eigenvalue weighted by molar-refractivity contribution is -0.725. The Balaban J connectivity index is 2.63. The van der Waals surface area contributed by atoms with Gasteiger partial charge in [0.25, 0.3) is 0 Å². The van der Waals surface area contributed by atoms with Crippen molar-refractivity contribution < 1.29 is 9.46 Å². The van der Waals surface area contributed by atoms with Crippen molar-refractivity contribution in [3.8, 4) is 11.4 Å². The number of nitrogens with zero attached hydrogens (tertiary/aromatic N) is 4. The maximum atomic E-state index is 11.3. The summed E-state index contributed by atoms with van der Waals surface area (Å²) >= 11 is 0. The van der Waals surface area contributed by atoms with Crippen LogP contribution >= 0.6 is 0 Å². The Morgan fingerprint density at radius 2 is 1.93 bits per heavy atom. The van der Waals surface area contributed by atoms with Gasteiger partial charge in [0.1, 0.15) is 6.20 Å². The lowest BCUT2D eigenvalue weighted by Crippen LogP contribution is -2.44. The molecule has 2 aromatic rings. The Hall–Kier alpha value is -2.24. The van der Waals surface area contributed by atoms with Crippen molar-refractivity contribution in [2.75, 3.05) is 0 Å². The van der Waals surface area contributed by atoms with E-state index in [1.165, 1.54) is 30.7 Å². The zero-order valence-electron chi connectivity index (χ0n) is 6.99. The van der Waals surface area contributed by atoms with Crippen LogP contribution in [-0.2, 0) is 0 Å². The summed E-state index contributed by atoms with van der Waals surface area (Å²) < 4.78 is 0.918. The molecule has 0 bridgehead atoms. The monoisotopic (exact) mass is 189 g/mol. The largest absolute Gasteiger partial charge is 0.614 e. The molecule has 0 unspecified atom stereocenters. The molecule has 6 nitrogen and oxygen atoms in total. The second-order valence-corrected chi connectivity index (χ2v) is 2.52. The minimum atomic E-state index is -0.0672. The number of rotatable bonds is 1. The third-order valence-corrected chi connectivity index (χ3v) is 1.64. The van der Waals surface area contributed by atoms with Gasteiger partial charge in [0.15, 0.2) is 18.0 Å². The van der Waals surface area contributed by atoms with Gasteiger partial charge in [0.2, 0.25) is 0 Å². The minimum Gasteiger partial charge on any atom is -0.614 e. The Kier molecular flexibility index (Phi) is 1.94. The lowest BCUT2D eigenvalue weighted by Gasteiger charge is -2.02. The minimum absolute atomic E-state index is 0.0672. The van der Waals surface area contributed by atoms with Gasteiger partial charge in [-0.25, -0.2) is 0 Å². The van der Waals surface area contributed by atoms with E-state index in [4.69, 9.17) is 0 Å². The van der Waals surface area contributed by atoms with Crippen molar-refractivity contribution in [3.05, 3.63) is 47.3 Å². The first-order valence-corrected chi connectivity index (χ1v) is 3.80. The van der Waals surface area contributed by atoms with Gasteiger partial charge in [0, 0.05) is 0 Å². The maximum absolute atomic E-state index is 11.3. The van der Waals surface area contributed by atoms with E-state index in [1.807, 2.05) is 0 Å². The molecule has 0 atom stereocenters. The summed E-state index contributed by atoms with van der Waals surface area (Å²) in [6.45, 7) is 0. The van der Waals surface area contributed by atoms with Crippen molar-refractivity contribution in [2.45, 2.75) is 0 Å². The molecule has 0 spiro atoms. The second-order valence-electron chi connectivity index (χ2n) is 2.52. The van der Waals surface area contributed by atoms with E-state index < -0.39 is 0 Å². The van der Waals surface area contributed by atoms with Gasteiger partial charge >= 0.3 is 5.82 Å². The number of hydrogen-bond acceptors (Lipinski definition) is 4. The average Bonchev–Trinajstić information content (AvgIpc) is 2.19. The smallest absolute Gasteiger partial charge is 0.476 e. The summed E-state index contributed by atoms with van der Waals surface area (Å²) in [5.41, 5.74) is 0.311. The van der Waals surface area contributed by atoms with Crippen molar-refractivity contribution in [1.82, 2.24) is 10.2 Å². The summed E-state index contributed by atoms with van der Waals surface area (Å²) in [4.78, 5) is 0. The number of hydrogen-bond donors (Lipinski definition) is 0. The van der Waals surface area contributed by atoms with Gasteiger partial charge in [-0.3, -0.25) is 0 Å². The van der Waals surface area contributed by atoms with Crippen LogP contribution in [0.4, 0.5) is 0 Å². The molecule has 0 aliphatic heterocycles. The first-order valence-electron chi connectivity index (χ1n) is 3.80. The van der Waals surface area contributed by atoms with Crippen LogP contribution in [0.25, 0.3) is 11.4 Å². The maximum Gasteiger partial charge on any atom is 0.476 e. The van der Waals surface area contributed by atoms with Gasteiger partial charge in [-0.15, -0.1) is 14.6 Å².